The maximum Gasteiger partial charge on any atom is 0.146 e. The molecule has 3 aromatic carbocycles. The molecule has 0 saturated heterocycles. The molecule has 0 N–H and O–H groups in total. The molecule has 32 heavy (non-hydrogen) atoms. The molecule has 0 aliphatic heterocycles. The SMILES string of the molecule is c1ccc(CC2(c3cc4ccccc4c4nc5cc6c(cc5n34)C3CCC6C3)CC2)cc1. The Hall–Kier alpha value is -3.13. The predicted molar refractivity (Wildman–Crippen MR) is 131 cm³/mol. The molecule has 5 aromatic rings. The molecule has 0 spiro atoms. The van der Waals surface area contributed by atoms with Crippen LogP contribution in [0, 0.1) is 0 Å². The van der Waals surface area contributed by atoms with Gasteiger partial charge in [-0.2, -0.15) is 0 Å². The van der Waals surface area contributed by atoms with Crippen LogP contribution in [-0.2, 0) is 11.8 Å². The average Bonchev–Trinajstić information content (AvgIpc) is 3.18. The molecule has 0 radical (unpaired) electrons. The third kappa shape index (κ3) is 2.28. The van der Waals surface area contributed by atoms with Gasteiger partial charge >= 0.3 is 0 Å². The van der Waals surface area contributed by atoms with E-state index in [9.17, 15) is 0 Å². The molecular formula is C30H26N2. The molecule has 2 nitrogen and oxygen atoms in total. The summed E-state index contributed by atoms with van der Waals surface area (Å²) < 4.78 is 2.54. The van der Waals surface area contributed by atoms with Gasteiger partial charge in [-0.25, -0.2) is 4.98 Å². The third-order valence-corrected chi connectivity index (χ3v) is 8.69. The second-order valence-electron chi connectivity index (χ2n) is 10.5. The van der Waals surface area contributed by atoms with Crippen molar-refractivity contribution in [1.82, 2.24) is 9.38 Å². The molecule has 2 atom stereocenters. The lowest BCUT2D eigenvalue weighted by Gasteiger charge is -2.20. The number of nitrogens with zero attached hydrogens (tertiary/aromatic N) is 2. The lowest BCUT2D eigenvalue weighted by atomic mass is 9.90. The fourth-order valence-electron chi connectivity index (χ4n) is 6.92. The number of hydrogen-bond acceptors (Lipinski definition) is 1. The highest BCUT2D eigenvalue weighted by atomic mass is 15.0. The first-order valence-electron chi connectivity index (χ1n) is 12.2. The summed E-state index contributed by atoms with van der Waals surface area (Å²) in [5.41, 5.74) is 9.97. The molecule has 2 fully saturated rings. The van der Waals surface area contributed by atoms with Crippen molar-refractivity contribution in [3.05, 3.63) is 95.2 Å². The number of hydrogen-bond donors (Lipinski definition) is 0. The van der Waals surface area contributed by atoms with E-state index in [0.29, 0.717) is 0 Å². The number of rotatable bonds is 3. The Balaban J connectivity index is 1.44. The summed E-state index contributed by atoms with van der Waals surface area (Å²) in [7, 11) is 0. The van der Waals surface area contributed by atoms with E-state index in [0.717, 1.165) is 23.9 Å². The molecule has 3 aliphatic rings. The first kappa shape index (κ1) is 17.4. The van der Waals surface area contributed by atoms with Crippen molar-refractivity contribution >= 4 is 27.5 Å². The summed E-state index contributed by atoms with van der Waals surface area (Å²) in [4.78, 5) is 5.28. The van der Waals surface area contributed by atoms with Gasteiger partial charge in [-0.15, -0.1) is 0 Å². The molecule has 156 valence electrons. The van der Waals surface area contributed by atoms with Crippen molar-refractivity contribution in [1.29, 1.82) is 0 Å². The Morgan fingerprint density at radius 3 is 2.41 bits per heavy atom. The first-order valence-corrected chi connectivity index (χ1v) is 12.2. The zero-order chi connectivity index (χ0) is 20.9. The smallest absolute Gasteiger partial charge is 0.146 e. The van der Waals surface area contributed by atoms with Gasteiger partial charge in [-0.1, -0.05) is 54.6 Å². The Morgan fingerprint density at radius 1 is 0.844 bits per heavy atom. The van der Waals surface area contributed by atoms with Crippen LogP contribution in [0.1, 0.15) is 66.3 Å². The summed E-state index contributed by atoms with van der Waals surface area (Å²) in [6, 6.07) is 27.3. The van der Waals surface area contributed by atoms with Crippen molar-refractivity contribution in [3.63, 3.8) is 0 Å². The molecule has 2 bridgehead atoms. The maximum absolute atomic E-state index is 5.28. The summed E-state index contributed by atoms with van der Waals surface area (Å²) in [6.07, 6.45) is 7.71. The Labute approximate surface area is 187 Å². The molecule has 2 saturated carbocycles. The van der Waals surface area contributed by atoms with Crippen molar-refractivity contribution in [3.8, 4) is 0 Å². The third-order valence-electron chi connectivity index (χ3n) is 8.69. The molecule has 2 heteroatoms. The summed E-state index contributed by atoms with van der Waals surface area (Å²) in [5.74, 6) is 1.54. The topological polar surface area (TPSA) is 17.3 Å². The van der Waals surface area contributed by atoms with Gasteiger partial charge in [0, 0.05) is 16.5 Å². The Kier molecular flexibility index (Phi) is 3.27. The van der Waals surface area contributed by atoms with Gasteiger partial charge in [0.1, 0.15) is 5.65 Å². The summed E-state index contributed by atoms with van der Waals surface area (Å²) in [6.45, 7) is 0. The van der Waals surface area contributed by atoms with Gasteiger partial charge in [0.25, 0.3) is 0 Å². The lowest BCUT2D eigenvalue weighted by Crippen LogP contribution is -2.15. The van der Waals surface area contributed by atoms with Crippen molar-refractivity contribution < 1.29 is 0 Å². The number of pyridine rings is 1. The van der Waals surface area contributed by atoms with Gasteiger partial charge in [-0.3, -0.25) is 4.40 Å². The second kappa shape index (κ2) is 6.01. The van der Waals surface area contributed by atoms with E-state index in [4.69, 9.17) is 4.98 Å². The highest BCUT2D eigenvalue weighted by molar-refractivity contribution is 5.99. The predicted octanol–water partition coefficient (Wildman–Crippen LogP) is 7.28. The summed E-state index contributed by atoms with van der Waals surface area (Å²) >= 11 is 0. The zero-order valence-corrected chi connectivity index (χ0v) is 18.2. The van der Waals surface area contributed by atoms with Crippen LogP contribution in [0.2, 0.25) is 0 Å². The van der Waals surface area contributed by atoms with E-state index in [2.05, 4.69) is 77.2 Å². The van der Waals surface area contributed by atoms with Crippen LogP contribution in [0.3, 0.4) is 0 Å². The molecule has 8 rings (SSSR count). The van der Waals surface area contributed by atoms with Gasteiger partial charge in [-0.05, 0) is 90.6 Å². The van der Waals surface area contributed by atoms with Crippen molar-refractivity contribution in [2.24, 2.45) is 0 Å². The van der Waals surface area contributed by atoms with E-state index in [1.165, 1.54) is 65.2 Å². The molecule has 2 aromatic heterocycles. The fraction of sp³-hybridized carbons (Fsp3) is 0.300. The van der Waals surface area contributed by atoms with Crippen molar-refractivity contribution in [2.45, 2.75) is 55.8 Å². The standard InChI is InChI=1S/C30H26N2/c1-2-6-19(7-3-1)18-30(12-13-30)28-15-20-8-4-5-9-23(20)29-31-26-16-24-21-10-11-22(14-21)25(24)17-27(26)32(28)29/h1-9,15-17,21-22H,10-14,18H2. The number of aromatic nitrogens is 2. The molecule has 2 unspecified atom stereocenters. The number of fused-ring (bicyclic) bond motifs is 10. The molecule has 2 heterocycles. The second-order valence-corrected chi connectivity index (χ2v) is 10.5. The van der Waals surface area contributed by atoms with Crippen LogP contribution in [0.4, 0.5) is 0 Å². The Morgan fingerprint density at radius 2 is 1.59 bits per heavy atom. The highest BCUT2D eigenvalue weighted by Gasteiger charge is 2.46. The van der Waals surface area contributed by atoms with Crippen LogP contribution >= 0.6 is 0 Å². The first-order chi connectivity index (χ1) is 15.8. The van der Waals surface area contributed by atoms with Crippen LogP contribution in [-0.4, -0.2) is 9.38 Å². The zero-order valence-electron chi connectivity index (χ0n) is 18.2. The normalized spacial score (nSPS) is 22.8. The fourth-order valence-corrected chi connectivity index (χ4v) is 6.92. The minimum absolute atomic E-state index is 0.218. The largest absolute Gasteiger partial charge is 0.295 e. The highest BCUT2D eigenvalue weighted by Crippen LogP contribution is 2.55. The van der Waals surface area contributed by atoms with Crippen LogP contribution < -0.4 is 0 Å². The minimum Gasteiger partial charge on any atom is -0.295 e. The molecule has 0 amide bonds. The van der Waals surface area contributed by atoms with Crippen molar-refractivity contribution in [2.75, 3.05) is 0 Å². The van der Waals surface area contributed by atoms with Gasteiger partial charge < -0.3 is 0 Å². The van der Waals surface area contributed by atoms with E-state index >= 15 is 0 Å². The van der Waals surface area contributed by atoms with Crippen LogP contribution in [0.25, 0.3) is 27.5 Å². The lowest BCUT2D eigenvalue weighted by molar-refractivity contribution is 0.656. The maximum atomic E-state index is 5.28. The van der Waals surface area contributed by atoms with E-state index in [1.807, 2.05) is 0 Å². The minimum atomic E-state index is 0.218. The van der Waals surface area contributed by atoms with Gasteiger partial charge in [0.2, 0.25) is 0 Å². The molecule has 3 aliphatic carbocycles. The number of benzene rings is 3. The monoisotopic (exact) mass is 414 g/mol. The number of imidazole rings is 1. The average molecular weight is 415 g/mol. The van der Waals surface area contributed by atoms with Crippen LogP contribution in [0.15, 0.2) is 72.8 Å². The van der Waals surface area contributed by atoms with E-state index < -0.39 is 0 Å². The Bertz CT molecular complexity index is 1540. The van der Waals surface area contributed by atoms with E-state index in [-0.39, 0.29) is 5.41 Å². The van der Waals surface area contributed by atoms with Crippen LogP contribution in [0.5, 0.6) is 0 Å². The quantitative estimate of drug-likeness (QED) is 0.303. The molecular weight excluding hydrogens is 388 g/mol. The van der Waals surface area contributed by atoms with Gasteiger partial charge in [0.15, 0.2) is 0 Å². The van der Waals surface area contributed by atoms with E-state index in [1.54, 1.807) is 11.1 Å². The van der Waals surface area contributed by atoms with Gasteiger partial charge in [0.05, 0.1) is 11.0 Å². The summed E-state index contributed by atoms with van der Waals surface area (Å²) in [5, 5.41) is 2.59.